The predicted octanol–water partition coefficient (Wildman–Crippen LogP) is 3.78. The fourth-order valence-corrected chi connectivity index (χ4v) is 4.39. The third-order valence-corrected chi connectivity index (χ3v) is 6.50. The molecule has 0 saturated heterocycles. The van der Waals surface area contributed by atoms with Crippen LogP contribution in [0, 0.1) is 19.7 Å². The maximum atomic E-state index is 13.3. The molecule has 0 fully saturated rings. The Balaban J connectivity index is 1.79. The van der Waals surface area contributed by atoms with Gasteiger partial charge in [-0.2, -0.15) is 9.41 Å². The second-order valence-electron chi connectivity index (χ2n) is 7.42. The van der Waals surface area contributed by atoms with Gasteiger partial charge in [0, 0.05) is 6.54 Å². The average Bonchev–Trinajstić information content (AvgIpc) is 2.75. The highest BCUT2D eigenvalue weighted by Crippen LogP contribution is 2.19. The number of carbonyl (C=O) groups is 1. The van der Waals surface area contributed by atoms with Gasteiger partial charge in [-0.3, -0.25) is 4.79 Å². The Morgan fingerprint density at radius 2 is 1.69 bits per heavy atom. The van der Waals surface area contributed by atoms with Crippen LogP contribution in [-0.4, -0.2) is 31.4 Å². The Bertz CT molecular complexity index is 1210. The molecule has 1 N–H and O–H groups in total. The first-order valence-corrected chi connectivity index (χ1v) is 11.4. The average molecular weight is 454 g/mol. The fourth-order valence-electron chi connectivity index (χ4n) is 3.00. The number of aryl methyl sites for hydroxylation is 2. The van der Waals surface area contributed by atoms with Gasteiger partial charge in [-0.15, -0.1) is 0 Å². The van der Waals surface area contributed by atoms with Crippen LogP contribution in [0.5, 0.6) is 0 Å². The highest BCUT2D eigenvalue weighted by molar-refractivity contribution is 7.89. The van der Waals surface area contributed by atoms with E-state index in [1.54, 1.807) is 12.1 Å². The summed E-state index contributed by atoms with van der Waals surface area (Å²) in [6, 6.07) is 19.4. The number of carbonyl (C=O) groups excluding carboxylic acids is 1. The van der Waals surface area contributed by atoms with E-state index >= 15 is 0 Å². The van der Waals surface area contributed by atoms with Gasteiger partial charge in [0.1, 0.15) is 5.82 Å². The van der Waals surface area contributed by atoms with Gasteiger partial charge in [-0.1, -0.05) is 59.7 Å². The molecule has 0 aromatic heterocycles. The van der Waals surface area contributed by atoms with Crippen molar-refractivity contribution in [2.45, 2.75) is 25.3 Å². The van der Waals surface area contributed by atoms with Gasteiger partial charge in [0.05, 0.1) is 17.7 Å². The molecule has 0 atom stereocenters. The fraction of sp³-hybridized carbons (Fsp3) is 0.167. The first-order valence-electron chi connectivity index (χ1n) is 9.94. The molecule has 6 nitrogen and oxygen atoms in total. The third kappa shape index (κ3) is 6.32. The summed E-state index contributed by atoms with van der Waals surface area (Å²) < 4.78 is 40.7. The lowest BCUT2D eigenvalue weighted by atomic mass is 10.2. The van der Waals surface area contributed by atoms with Gasteiger partial charge >= 0.3 is 0 Å². The molecule has 3 aromatic carbocycles. The molecular formula is C24H24FN3O3S. The van der Waals surface area contributed by atoms with Crippen LogP contribution in [0.1, 0.15) is 22.3 Å². The van der Waals surface area contributed by atoms with Gasteiger partial charge < -0.3 is 0 Å². The number of hydrogen-bond donors (Lipinski definition) is 1. The molecule has 166 valence electrons. The standard InChI is InChI=1S/C24H24FN3O3S/c1-18-6-12-23(13-7-18)32(30,31)28(16-20-8-10-22(25)11-9-20)17-24(29)27-26-15-21-5-3-4-19(2)14-21/h3-15H,16-17H2,1-2H3,(H,27,29)/b26-15-. The maximum absolute atomic E-state index is 13.3. The zero-order chi connectivity index (χ0) is 23.1. The van der Waals surface area contributed by atoms with Crippen LogP contribution in [-0.2, 0) is 21.4 Å². The van der Waals surface area contributed by atoms with Crippen molar-refractivity contribution in [3.05, 3.63) is 101 Å². The predicted molar refractivity (Wildman–Crippen MR) is 122 cm³/mol. The minimum Gasteiger partial charge on any atom is -0.272 e. The Morgan fingerprint density at radius 3 is 2.34 bits per heavy atom. The Hall–Kier alpha value is -3.36. The SMILES string of the molecule is Cc1ccc(S(=O)(=O)N(CC(=O)N/N=C\c2cccc(C)c2)Cc2ccc(F)cc2)cc1. The third-order valence-electron chi connectivity index (χ3n) is 4.70. The van der Waals surface area contributed by atoms with E-state index in [9.17, 15) is 17.6 Å². The largest absolute Gasteiger partial charge is 0.272 e. The quantitative estimate of drug-likeness (QED) is 0.416. The molecule has 8 heteroatoms. The van der Waals surface area contributed by atoms with Crippen LogP contribution >= 0.6 is 0 Å². The summed E-state index contributed by atoms with van der Waals surface area (Å²) in [6.45, 7) is 3.26. The van der Waals surface area contributed by atoms with Crippen molar-refractivity contribution in [3.63, 3.8) is 0 Å². The second kappa shape index (κ2) is 10.3. The van der Waals surface area contributed by atoms with Crippen LogP contribution in [0.15, 0.2) is 82.8 Å². The van der Waals surface area contributed by atoms with Crippen molar-refractivity contribution in [1.82, 2.24) is 9.73 Å². The van der Waals surface area contributed by atoms with E-state index in [1.165, 1.54) is 42.6 Å². The van der Waals surface area contributed by atoms with E-state index in [-0.39, 0.29) is 11.4 Å². The van der Waals surface area contributed by atoms with Crippen LogP contribution in [0.3, 0.4) is 0 Å². The lowest BCUT2D eigenvalue weighted by molar-refractivity contribution is -0.121. The van der Waals surface area contributed by atoms with Crippen molar-refractivity contribution in [2.24, 2.45) is 5.10 Å². The van der Waals surface area contributed by atoms with Gasteiger partial charge in [-0.25, -0.2) is 18.2 Å². The number of hydrazone groups is 1. The Morgan fingerprint density at radius 1 is 1.00 bits per heavy atom. The van der Waals surface area contributed by atoms with Crippen LogP contribution in [0.4, 0.5) is 4.39 Å². The number of sulfonamides is 1. The van der Waals surface area contributed by atoms with E-state index in [0.717, 1.165) is 21.0 Å². The lowest BCUT2D eigenvalue weighted by Gasteiger charge is -2.21. The van der Waals surface area contributed by atoms with Crippen LogP contribution < -0.4 is 5.43 Å². The highest BCUT2D eigenvalue weighted by atomic mass is 32.2. The summed E-state index contributed by atoms with van der Waals surface area (Å²) in [5.41, 5.74) is 5.70. The first-order chi connectivity index (χ1) is 15.2. The molecule has 1 amide bonds. The molecule has 0 aliphatic rings. The monoisotopic (exact) mass is 453 g/mol. The summed E-state index contributed by atoms with van der Waals surface area (Å²) in [7, 11) is -3.98. The number of nitrogens with one attached hydrogen (secondary N) is 1. The highest BCUT2D eigenvalue weighted by Gasteiger charge is 2.27. The zero-order valence-corrected chi connectivity index (χ0v) is 18.6. The van der Waals surface area contributed by atoms with Crippen LogP contribution in [0.2, 0.25) is 0 Å². The van der Waals surface area contributed by atoms with Gasteiger partial charge in [-0.05, 0) is 49.2 Å². The molecule has 0 heterocycles. The lowest BCUT2D eigenvalue weighted by Crippen LogP contribution is -2.39. The van der Waals surface area contributed by atoms with Crippen molar-refractivity contribution < 1.29 is 17.6 Å². The number of amides is 1. The number of nitrogens with zero attached hydrogens (tertiary/aromatic N) is 2. The molecule has 0 radical (unpaired) electrons. The summed E-state index contributed by atoms with van der Waals surface area (Å²) >= 11 is 0. The molecule has 0 bridgehead atoms. The van der Waals surface area contributed by atoms with E-state index in [4.69, 9.17) is 0 Å². The normalized spacial score (nSPS) is 11.8. The second-order valence-corrected chi connectivity index (χ2v) is 9.36. The van der Waals surface area contributed by atoms with E-state index in [1.807, 2.05) is 38.1 Å². The molecule has 0 aliphatic heterocycles. The number of hydrogen-bond acceptors (Lipinski definition) is 4. The van der Waals surface area contributed by atoms with Crippen molar-refractivity contribution in [1.29, 1.82) is 0 Å². The van der Waals surface area contributed by atoms with Crippen LogP contribution in [0.25, 0.3) is 0 Å². The zero-order valence-electron chi connectivity index (χ0n) is 17.8. The number of halogens is 1. The number of rotatable bonds is 8. The minimum atomic E-state index is -3.98. The number of benzene rings is 3. The molecule has 0 spiro atoms. The molecule has 32 heavy (non-hydrogen) atoms. The van der Waals surface area contributed by atoms with Crippen molar-refractivity contribution in [3.8, 4) is 0 Å². The summed E-state index contributed by atoms with van der Waals surface area (Å²) in [5, 5.41) is 3.93. The van der Waals surface area contributed by atoms with Crippen molar-refractivity contribution in [2.75, 3.05) is 6.54 Å². The molecule has 0 saturated carbocycles. The Kier molecular flexibility index (Phi) is 7.50. The maximum Gasteiger partial charge on any atom is 0.255 e. The van der Waals surface area contributed by atoms with Crippen molar-refractivity contribution >= 4 is 22.1 Å². The van der Waals surface area contributed by atoms with Gasteiger partial charge in [0.2, 0.25) is 10.0 Å². The molecule has 0 aliphatic carbocycles. The molecule has 3 aromatic rings. The molecule has 0 unspecified atom stereocenters. The molecule has 3 rings (SSSR count). The van der Waals surface area contributed by atoms with E-state index in [0.29, 0.717) is 5.56 Å². The van der Waals surface area contributed by atoms with E-state index in [2.05, 4.69) is 10.5 Å². The first kappa shape index (κ1) is 23.3. The Labute approximate surface area is 187 Å². The smallest absolute Gasteiger partial charge is 0.255 e. The van der Waals surface area contributed by atoms with Gasteiger partial charge in [0.15, 0.2) is 0 Å². The van der Waals surface area contributed by atoms with Gasteiger partial charge in [0.25, 0.3) is 5.91 Å². The minimum absolute atomic E-state index is 0.0706. The molecular weight excluding hydrogens is 429 g/mol. The summed E-state index contributed by atoms with van der Waals surface area (Å²) in [6.07, 6.45) is 1.49. The van der Waals surface area contributed by atoms with E-state index < -0.39 is 28.3 Å². The topological polar surface area (TPSA) is 78.8 Å². The summed E-state index contributed by atoms with van der Waals surface area (Å²) in [4.78, 5) is 12.6. The summed E-state index contributed by atoms with van der Waals surface area (Å²) in [5.74, 6) is -1.02.